The Morgan fingerprint density at radius 1 is 1.43 bits per heavy atom. The maximum Gasteiger partial charge on any atom is 0.412 e. The van der Waals surface area contributed by atoms with Crippen LogP contribution in [0.3, 0.4) is 0 Å². The lowest BCUT2D eigenvalue weighted by molar-refractivity contribution is 0.190. The first-order valence-corrected chi connectivity index (χ1v) is 8.12. The summed E-state index contributed by atoms with van der Waals surface area (Å²) in [5.41, 5.74) is 1.77. The van der Waals surface area contributed by atoms with Crippen molar-refractivity contribution in [3.05, 3.63) is 28.0 Å². The van der Waals surface area contributed by atoms with Crippen molar-refractivity contribution in [2.75, 3.05) is 25.0 Å². The third-order valence-electron chi connectivity index (χ3n) is 4.13. The summed E-state index contributed by atoms with van der Waals surface area (Å²) in [6, 6.07) is 7.86. The fraction of sp³-hybridized carbons (Fsp3) is 0.400. The van der Waals surface area contributed by atoms with E-state index < -0.39 is 6.09 Å². The van der Waals surface area contributed by atoms with Crippen LogP contribution in [0.25, 0.3) is 10.9 Å². The summed E-state index contributed by atoms with van der Waals surface area (Å²) in [6.07, 6.45) is 0.884. The molecule has 0 aliphatic carbocycles. The number of fused-ring (bicyclic) bond motifs is 1. The molecule has 0 atom stereocenters. The number of aromatic amines is 1. The van der Waals surface area contributed by atoms with Crippen LogP contribution in [0.5, 0.6) is 0 Å². The number of hydrogen-bond donors (Lipinski definition) is 2. The minimum absolute atomic E-state index is 0.0526. The number of anilines is 1. The lowest BCUT2D eigenvalue weighted by Crippen LogP contribution is -2.46. The zero-order chi connectivity index (χ0) is 15.0. The van der Waals surface area contributed by atoms with E-state index >= 15 is 0 Å². The van der Waals surface area contributed by atoms with Crippen molar-refractivity contribution in [2.45, 2.75) is 18.9 Å². The van der Waals surface area contributed by atoms with Crippen LogP contribution >= 0.6 is 22.6 Å². The molecule has 1 saturated heterocycles. The average Bonchev–Trinajstić information content (AvgIpc) is 2.82. The Hall–Kier alpha value is -1.28. The van der Waals surface area contributed by atoms with E-state index in [1.165, 1.54) is 0 Å². The first kappa shape index (κ1) is 14.6. The fourth-order valence-corrected chi connectivity index (χ4v) is 3.63. The van der Waals surface area contributed by atoms with E-state index in [-0.39, 0.29) is 6.04 Å². The quantitative estimate of drug-likeness (QED) is 0.762. The summed E-state index contributed by atoms with van der Waals surface area (Å²) in [5.74, 6) is 0. The maximum absolute atomic E-state index is 11.8. The van der Waals surface area contributed by atoms with Crippen LogP contribution in [0.2, 0.25) is 0 Å². The lowest BCUT2D eigenvalue weighted by atomic mass is 10.0. The van der Waals surface area contributed by atoms with Crippen molar-refractivity contribution in [1.29, 1.82) is 0 Å². The Balaban J connectivity index is 2.01. The molecule has 0 spiro atoms. The molecule has 1 aliphatic rings. The number of carbonyl (C=O) groups is 1. The molecule has 2 aromatic rings. The number of H-pyrrole nitrogens is 1. The number of aromatic nitrogens is 1. The number of likely N-dealkylation sites (tertiary alicyclic amines) is 1. The number of nitrogens with one attached hydrogen (secondary N) is 1. The van der Waals surface area contributed by atoms with Crippen LogP contribution in [-0.2, 0) is 0 Å². The average molecular weight is 399 g/mol. The van der Waals surface area contributed by atoms with Crippen LogP contribution in [0, 0.1) is 3.70 Å². The van der Waals surface area contributed by atoms with Gasteiger partial charge in [0.1, 0.15) is 0 Å². The molecule has 1 fully saturated rings. The number of carboxylic acid groups (broad SMARTS) is 1. The standard InChI is InChI=1S/C15H18IN3O2/c1-18-7-5-10(6-8-18)19(15(20)21)13-4-2-3-12-11(13)9-14(16)17-12/h2-4,9-10,17H,5-8H2,1H3,(H,20,21). The molecule has 0 unspecified atom stereocenters. The summed E-state index contributed by atoms with van der Waals surface area (Å²) in [5, 5.41) is 10.7. The Kier molecular flexibility index (Phi) is 4.08. The van der Waals surface area contributed by atoms with Crippen molar-refractivity contribution in [3.8, 4) is 0 Å². The predicted molar refractivity (Wildman–Crippen MR) is 92.0 cm³/mol. The van der Waals surface area contributed by atoms with E-state index in [9.17, 15) is 9.90 Å². The molecule has 2 N–H and O–H groups in total. The monoisotopic (exact) mass is 399 g/mol. The van der Waals surface area contributed by atoms with E-state index in [1.807, 2.05) is 24.3 Å². The number of hydrogen-bond acceptors (Lipinski definition) is 2. The van der Waals surface area contributed by atoms with Crippen LogP contribution in [0.1, 0.15) is 12.8 Å². The molecular formula is C15H18IN3O2. The van der Waals surface area contributed by atoms with Gasteiger partial charge in [0, 0.05) is 16.9 Å². The summed E-state index contributed by atoms with van der Waals surface area (Å²) in [6.45, 7) is 1.88. The summed E-state index contributed by atoms with van der Waals surface area (Å²) in [4.78, 5) is 18.9. The fourth-order valence-electron chi connectivity index (χ4n) is 3.02. The topological polar surface area (TPSA) is 59.6 Å². The molecule has 3 rings (SSSR count). The van der Waals surface area contributed by atoms with Crippen molar-refractivity contribution < 1.29 is 9.90 Å². The van der Waals surface area contributed by atoms with Crippen LogP contribution in [0.15, 0.2) is 24.3 Å². The number of nitrogens with zero attached hydrogens (tertiary/aromatic N) is 2. The first-order valence-electron chi connectivity index (χ1n) is 7.04. The minimum atomic E-state index is -0.867. The van der Waals surface area contributed by atoms with Gasteiger partial charge in [-0.05, 0) is 73.8 Å². The molecule has 112 valence electrons. The predicted octanol–water partition coefficient (Wildman–Crippen LogP) is 3.35. The maximum atomic E-state index is 11.8. The summed E-state index contributed by atoms with van der Waals surface area (Å²) >= 11 is 2.22. The molecule has 0 radical (unpaired) electrons. The molecule has 6 heteroatoms. The van der Waals surface area contributed by atoms with Crippen LogP contribution in [0.4, 0.5) is 10.5 Å². The highest BCUT2D eigenvalue weighted by Gasteiger charge is 2.29. The third-order valence-corrected chi connectivity index (χ3v) is 4.71. The highest BCUT2D eigenvalue weighted by Crippen LogP contribution is 2.31. The van der Waals surface area contributed by atoms with Crippen molar-refractivity contribution in [3.63, 3.8) is 0 Å². The van der Waals surface area contributed by atoms with E-state index in [1.54, 1.807) is 4.90 Å². The van der Waals surface area contributed by atoms with E-state index in [0.717, 1.165) is 46.2 Å². The van der Waals surface area contributed by atoms with Crippen molar-refractivity contribution in [2.24, 2.45) is 0 Å². The molecule has 5 nitrogen and oxygen atoms in total. The second kappa shape index (κ2) is 5.84. The van der Waals surface area contributed by atoms with E-state index in [2.05, 4.69) is 39.5 Å². The van der Waals surface area contributed by atoms with Gasteiger partial charge in [-0.25, -0.2) is 4.79 Å². The zero-order valence-corrected chi connectivity index (χ0v) is 14.0. The van der Waals surface area contributed by atoms with Gasteiger partial charge in [0.05, 0.1) is 9.39 Å². The normalized spacial score (nSPS) is 17.2. The number of piperidine rings is 1. The molecule has 1 amide bonds. The van der Waals surface area contributed by atoms with Gasteiger partial charge in [0.15, 0.2) is 0 Å². The lowest BCUT2D eigenvalue weighted by Gasteiger charge is -2.36. The van der Waals surface area contributed by atoms with Gasteiger partial charge >= 0.3 is 6.09 Å². The molecule has 1 aromatic carbocycles. The first-order chi connectivity index (χ1) is 10.1. The Labute approximate surface area is 137 Å². The van der Waals surface area contributed by atoms with Gasteiger partial charge in [-0.2, -0.15) is 0 Å². The van der Waals surface area contributed by atoms with Gasteiger partial charge in [-0.3, -0.25) is 4.90 Å². The van der Waals surface area contributed by atoms with Gasteiger partial charge in [-0.15, -0.1) is 0 Å². The van der Waals surface area contributed by atoms with Crippen LogP contribution < -0.4 is 4.90 Å². The molecule has 0 saturated carbocycles. The number of benzene rings is 1. The Bertz CT molecular complexity index is 662. The SMILES string of the molecule is CN1CCC(N(C(=O)O)c2cccc3[nH]c(I)cc23)CC1. The molecule has 1 aromatic heterocycles. The van der Waals surface area contributed by atoms with E-state index in [0.29, 0.717) is 0 Å². The number of halogens is 1. The third kappa shape index (κ3) is 2.87. The smallest absolute Gasteiger partial charge is 0.412 e. The Morgan fingerprint density at radius 2 is 2.14 bits per heavy atom. The molecule has 1 aliphatic heterocycles. The van der Waals surface area contributed by atoms with E-state index in [4.69, 9.17) is 0 Å². The van der Waals surface area contributed by atoms with Gasteiger partial charge in [-0.1, -0.05) is 6.07 Å². The second-order valence-electron chi connectivity index (χ2n) is 5.54. The molecule has 0 bridgehead atoms. The van der Waals surface area contributed by atoms with Gasteiger partial charge < -0.3 is 15.0 Å². The molecular weight excluding hydrogens is 381 g/mol. The second-order valence-corrected chi connectivity index (χ2v) is 6.70. The largest absolute Gasteiger partial charge is 0.465 e. The number of amides is 1. The van der Waals surface area contributed by atoms with Crippen LogP contribution in [-0.4, -0.2) is 47.3 Å². The molecule has 2 heterocycles. The number of rotatable bonds is 2. The summed E-state index contributed by atoms with van der Waals surface area (Å²) < 4.78 is 1.02. The minimum Gasteiger partial charge on any atom is -0.465 e. The van der Waals surface area contributed by atoms with Gasteiger partial charge in [0.25, 0.3) is 0 Å². The van der Waals surface area contributed by atoms with Crippen molar-refractivity contribution >= 4 is 45.3 Å². The Morgan fingerprint density at radius 3 is 2.81 bits per heavy atom. The molecule has 21 heavy (non-hydrogen) atoms. The van der Waals surface area contributed by atoms with Crippen molar-refractivity contribution in [1.82, 2.24) is 9.88 Å². The highest BCUT2D eigenvalue weighted by molar-refractivity contribution is 14.1. The zero-order valence-electron chi connectivity index (χ0n) is 11.8. The highest BCUT2D eigenvalue weighted by atomic mass is 127. The van der Waals surface area contributed by atoms with Gasteiger partial charge in [0.2, 0.25) is 0 Å². The summed E-state index contributed by atoms with van der Waals surface area (Å²) in [7, 11) is 2.08.